The average molecular weight is 269 g/mol. The van der Waals surface area contributed by atoms with Crippen LogP contribution in [0.3, 0.4) is 0 Å². The van der Waals surface area contributed by atoms with Crippen molar-refractivity contribution in [2.24, 2.45) is 0 Å². The zero-order valence-electron chi connectivity index (χ0n) is 11.0. The van der Waals surface area contributed by atoms with Crippen LogP contribution in [0.25, 0.3) is 0 Å². The Morgan fingerprint density at radius 2 is 1.89 bits per heavy atom. The smallest absolute Gasteiger partial charge is 0.242 e. The third-order valence-electron chi connectivity index (χ3n) is 2.94. The molecule has 0 saturated carbocycles. The molecule has 1 aromatic carbocycles. The molecule has 0 aromatic heterocycles. The van der Waals surface area contributed by atoms with Gasteiger partial charge in [-0.25, -0.2) is 0 Å². The van der Waals surface area contributed by atoms with Gasteiger partial charge in [-0.1, -0.05) is 44.2 Å². The highest BCUT2D eigenvalue weighted by atomic mass is 35.5. The van der Waals surface area contributed by atoms with Gasteiger partial charge in [0.25, 0.3) is 0 Å². The fraction of sp³-hybridized carbons (Fsp3) is 0.500. The number of hydrogen-bond donors (Lipinski definition) is 1. The first kappa shape index (κ1) is 15.0. The summed E-state index contributed by atoms with van der Waals surface area (Å²) in [6.07, 6.45) is 0. The second-order valence-corrected chi connectivity index (χ2v) is 4.53. The van der Waals surface area contributed by atoms with E-state index in [1.807, 2.05) is 30.3 Å². The minimum absolute atomic E-state index is 0.130. The Kier molecular flexibility index (Phi) is 6.76. The molecule has 0 bridgehead atoms. The molecule has 100 valence electrons. The molecule has 1 aromatic rings. The number of alkyl halides is 1. The van der Waals surface area contributed by atoms with Crippen LogP contribution in [0.5, 0.6) is 0 Å². The molecule has 0 aliphatic heterocycles. The maximum atomic E-state index is 11.8. The zero-order valence-corrected chi connectivity index (χ0v) is 11.8. The molecule has 0 spiro atoms. The number of amides is 1. The lowest BCUT2D eigenvalue weighted by Crippen LogP contribution is -2.36. The zero-order chi connectivity index (χ0) is 13.4. The first-order chi connectivity index (χ1) is 8.69. The number of nitrogens with one attached hydrogen (secondary N) is 1. The molecular formula is C14H21ClN2O. The number of rotatable bonds is 7. The summed E-state index contributed by atoms with van der Waals surface area (Å²) in [7, 11) is 0. The maximum Gasteiger partial charge on any atom is 0.242 e. The van der Waals surface area contributed by atoms with Crippen LogP contribution in [0.1, 0.15) is 24.8 Å². The number of carbonyl (C=O) groups is 1. The SMILES string of the molecule is CCN(CC)CCNC(=O)C(Cl)c1ccccc1. The number of carbonyl (C=O) groups excluding carboxylic acids is 1. The monoisotopic (exact) mass is 268 g/mol. The molecule has 0 fully saturated rings. The number of hydrogen-bond acceptors (Lipinski definition) is 2. The van der Waals surface area contributed by atoms with Crippen molar-refractivity contribution in [2.45, 2.75) is 19.2 Å². The predicted octanol–water partition coefficient (Wildman–Crippen LogP) is 2.42. The summed E-state index contributed by atoms with van der Waals surface area (Å²) < 4.78 is 0. The van der Waals surface area contributed by atoms with E-state index in [0.717, 1.165) is 25.2 Å². The van der Waals surface area contributed by atoms with Crippen LogP contribution in [-0.4, -0.2) is 37.0 Å². The van der Waals surface area contributed by atoms with E-state index in [0.29, 0.717) is 6.54 Å². The van der Waals surface area contributed by atoms with Gasteiger partial charge in [0.2, 0.25) is 5.91 Å². The lowest BCUT2D eigenvalue weighted by molar-refractivity contribution is -0.120. The Labute approximate surface area is 114 Å². The summed E-state index contributed by atoms with van der Waals surface area (Å²) in [5, 5.41) is 2.26. The van der Waals surface area contributed by atoms with Gasteiger partial charge in [0.1, 0.15) is 5.38 Å². The van der Waals surface area contributed by atoms with Crippen LogP contribution in [0.15, 0.2) is 30.3 Å². The Morgan fingerprint density at radius 3 is 2.44 bits per heavy atom. The topological polar surface area (TPSA) is 32.3 Å². The van der Waals surface area contributed by atoms with E-state index in [1.54, 1.807) is 0 Å². The highest BCUT2D eigenvalue weighted by molar-refractivity contribution is 6.30. The highest BCUT2D eigenvalue weighted by Crippen LogP contribution is 2.19. The standard InChI is InChI=1S/C14H21ClN2O/c1-3-17(4-2)11-10-16-14(18)13(15)12-8-6-5-7-9-12/h5-9,13H,3-4,10-11H2,1-2H3,(H,16,18). The molecule has 1 N–H and O–H groups in total. The third-order valence-corrected chi connectivity index (χ3v) is 3.39. The van der Waals surface area contributed by atoms with Crippen LogP contribution in [-0.2, 0) is 4.79 Å². The van der Waals surface area contributed by atoms with E-state index in [9.17, 15) is 4.79 Å². The van der Waals surface area contributed by atoms with Crippen LogP contribution in [0.4, 0.5) is 0 Å². The molecular weight excluding hydrogens is 248 g/mol. The van der Waals surface area contributed by atoms with E-state index in [-0.39, 0.29) is 5.91 Å². The van der Waals surface area contributed by atoms with Crippen LogP contribution < -0.4 is 5.32 Å². The van der Waals surface area contributed by atoms with E-state index in [2.05, 4.69) is 24.1 Å². The van der Waals surface area contributed by atoms with E-state index in [4.69, 9.17) is 11.6 Å². The largest absolute Gasteiger partial charge is 0.353 e. The van der Waals surface area contributed by atoms with Gasteiger partial charge in [-0.05, 0) is 18.7 Å². The lowest BCUT2D eigenvalue weighted by atomic mass is 10.1. The molecule has 4 heteroatoms. The van der Waals surface area contributed by atoms with Crippen molar-refractivity contribution in [2.75, 3.05) is 26.2 Å². The Morgan fingerprint density at radius 1 is 1.28 bits per heavy atom. The normalized spacial score (nSPS) is 12.4. The third kappa shape index (κ3) is 4.67. The second-order valence-electron chi connectivity index (χ2n) is 4.09. The Bertz CT molecular complexity index is 352. The number of likely N-dealkylation sites (N-methyl/N-ethyl adjacent to an activating group) is 1. The summed E-state index contributed by atoms with van der Waals surface area (Å²) in [5.41, 5.74) is 0.833. The van der Waals surface area contributed by atoms with Gasteiger partial charge in [0.15, 0.2) is 0 Å². The first-order valence-corrected chi connectivity index (χ1v) is 6.81. The van der Waals surface area contributed by atoms with Crippen molar-refractivity contribution in [3.05, 3.63) is 35.9 Å². The molecule has 0 radical (unpaired) electrons. The van der Waals surface area contributed by atoms with Crippen molar-refractivity contribution in [1.29, 1.82) is 0 Å². The van der Waals surface area contributed by atoms with Crippen LogP contribution in [0, 0.1) is 0 Å². The molecule has 1 rings (SSSR count). The second kappa shape index (κ2) is 8.11. The Hall–Kier alpha value is -1.06. The van der Waals surface area contributed by atoms with E-state index >= 15 is 0 Å². The highest BCUT2D eigenvalue weighted by Gasteiger charge is 2.16. The minimum Gasteiger partial charge on any atom is -0.353 e. The summed E-state index contributed by atoms with van der Waals surface area (Å²) in [4.78, 5) is 14.1. The van der Waals surface area contributed by atoms with E-state index in [1.165, 1.54) is 0 Å². The van der Waals surface area contributed by atoms with Gasteiger partial charge < -0.3 is 10.2 Å². The average Bonchev–Trinajstić information content (AvgIpc) is 2.43. The quantitative estimate of drug-likeness (QED) is 0.771. The minimum atomic E-state index is -0.608. The van der Waals surface area contributed by atoms with Gasteiger partial charge >= 0.3 is 0 Å². The molecule has 1 amide bonds. The van der Waals surface area contributed by atoms with Gasteiger partial charge in [0.05, 0.1) is 0 Å². The van der Waals surface area contributed by atoms with Crippen LogP contribution in [0.2, 0.25) is 0 Å². The van der Waals surface area contributed by atoms with Crippen molar-refractivity contribution < 1.29 is 4.79 Å². The number of nitrogens with zero attached hydrogens (tertiary/aromatic N) is 1. The van der Waals surface area contributed by atoms with Gasteiger partial charge in [0, 0.05) is 13.1 Å². The van der Waals surface area contributed by atoms with Crippen LogP contribution >= 0.6 is 11.6 Å². The molecule has 0 aliphatic rings. The van der Waals surface area contributed by atoms with Gasteiger partial charge in [-0.3, -0.25) is 4.79 Å². The lowest BCUT2D eigenvalue weighted by Gasteiger charge is -2.18. The number of halogens is 1. The molecule has 3 nitrogen and oxygen atoms in total. The summed E-state index contributed by atoms with van der Waals surface area (Å²) in [6, 6.07) is 9.40. The van der Waals surface area contributed by atoms with Crippen molar-refractivity contribution >= 4 is 17.5 Å². The van der Waals surface area contributed by atoms with Gasteiger partial charge in [-0.2, -0.15) is 0 Å². The molecule has 0 heterocycles. The number of benzene rings is 1. The van der Waals surface area contributed by atoms with Crippen molar-refractivity contribution in [3.8, 4) is 0 Å². The fourth-order valence-electron chi connectivity index (χ4n) is 1.74. The van der Waals surface area contributed by atoms with Gasteiger partial charge in [-0.15, -0.1) is 11.6 Å². The fourth-order valence-corrected chi connectivity index (χ4v) is 1.96. The summed E-state index contributed by atoms with van der Waals surface area (Å²) >= 11 is 6.11. The molecule has 1 atom stereocenters. The Balaban J connectivity index is 2.37. The molecule has 18 heavy (non-hydrogen) atoms. The molecule has 1 unspecified atom stereocenters. The molecule has 0 aliphatic carbocycles. The van der Waals surface area contributed by atoms with Crippen molar-refractivity contribution in [1.82, 2.24) is 10.2 Å². The first-order valence-electron chi connectivity index (χ1n) is 6.38. The molecule has 0 saturated heterocycles. The predicted molar refractivity (Wildman–Crippen MR) is 75.8 cm³/mol. The summed E-state index contributed by atoms with van der Waals surface area (Å²) in [5.74, 6) is -0.130. The maximum absolute atomic E-state index is 11.8. The van der Waals surface area contributed by atoms with Crippen molar-refractivity contribution in [3.63, 3.8) is 0 Å². The summed E-state index contributed by atoms with van der Waals surface area (Å²) in [6.45, 7) is 7.71. The van der Waals surface area contributed by atoms with E-state index < -0.39 is 5.38 Å².